The highest BCUT2D eigenvalue weighted by Crippen LogP contribution is 2.09. The molecule has 9 nitrogen and oxygen atoms in total. The van der Waals surface area contributed by atoms with Crippen LogP contribution in [0.25, 0.3) is 11.2 Å². The molecule has 0 aromatic carbocycles. The van der Waals surface area contributed by atoms with Crippen LogP contribution in [0.15, 0.2) is 28.4 Å². The van der Waals surface area contributed by atoms with E-state index in [0.29, 0.717) is 11.5 Å². The van der Waals surface area contributed by atoms with E-state index in [1.807, 2.05) is 0 Å². The second-order valence-corrected chi connectivity index (χ2v) is 4.02. The highest BCUT2D eigenvalue weighted by atomic mass is 16.5. The second-order valence-electron chi connectivity index (χ2n) is 4.02. The lowest BCUT2D eigenvalue weighted by molar-refractivity contribution is 0.0499. The Labute approximate surface area is 112 Å². The van der Waals surface area contributed by atoms with Gasteiger partial charge in [0.05, 0.1) is 19.5 Å². The minimum atomic E-state index is -0.345. The summed E-state index contributed by atoms with van der Waals surface area (Å²) in [6, 6.07) is 0. The molecule has 0 aliphatic carbocycles. The molecule has 0 bridgehead atoms. The highest BCUT2D eigenvalue weighted by Gasteiger charge is 2.11. The molecule has 104 valence electrons. The van der Waals surface area contributed by atoms with Crippen molar-refractivity contribution in [3.63, 3.8) is 0 Å². The van der Waals surface area contributed by atoms with Crippen molar-refractivity contribution in [1.29, 1.82) is 0 Å². The number of aromatic amines is 1. The fourth-order valence-corrected chi connectivity index (χ4v) is 1.68. The van der Waals surface area contributed by atoms with Crippen LogP contribution in [0.2, 0.25) is 0 Å². The van der Waals surface area contributed by atoms with Crippen molar-refractivity contribution in [3.05, 3.63) is 29.0 Å². The third-order valence-electron chi connectivity index (χ3n) is 2.63. The molecule has 3 heterocycles. The molecule has 3 rings (SSSR count). The van der Waals surface area contributed by atoms with Gasteiger partial charge in [-0.25, -0.2) is 9.98 Å². The number of rotatable bonds is 5. The summed E-state index contributed by atoms with van der Waals surface area (Å²) in [5.41, 5.74) is 0.287. The average Bonchev–Trinajstić information content (AvgIpc) is 2.78. The summed E-state index contributed by atoms with van der Waals surface area (Å²) in [7, 11) is 0. The molecule has 0 unspecified atom stereocenters. The summed E-state index contributed by atoms with van der Waals surface area (Å²) in [5.74, 6) is 0.907. The fraction of sp³-hybridized carbons (Fsp3) is 0.273. The van der Waals surface area contributed by atoms with Crippen LogP contribution >= 0.6 is 0 Å². The molecule has 0 spiro atoms. The number of nitrogens with one attached hydrogen (secondary N) is 2. The Morgan fingerprint density at radius 1 is 1.50 bits per heavy atom. The lowest BCUT2D eigenvalue weighted by atomic mass is 10.4. The van der Waals surface area contributed by atoms with Crippen LogP contribution in [-0.4, -0.2) is 43.7 Å². The van der Waals surface area contributed by atoms with Crippen LogP contribution in [0.3, 0.4) is 0 Å². The number of fused-ring (bicyclic) bond motifs is 1. The van der Waals surface area contributed by atoms with Crippen molar-refractivity contribution < 1.29 is 9.84 Å². The third-order valence-corrected chi connectivity index (χ3v) is 2.63. The van der Waals surface area contributed by atoms with Crippen molar-refractivity contribution in [1.82, 2.24) is 19.5 Å². The summed E-state index contributed by atoms with van der Waals surface area (Å²) in [4.78, 5) is 26.7. The van der Waals surface area contributed by atoms with Gasteiger partial charge in [-0.15, -0.1) is 0 Å². The van der Waals surface area contributed by atoms with Crippen molar-refractivity contribution in [2.24, 2.45) is 4.99 Å². The maximum atomic E-state index is 11.9. The molecular weight excluding hydrogens is 264 g/mol. The van der Waals surface area contributed by atoms with Crippen LogP contribution in [0.4, 0.5) is 5.95 Å². The number of aliphatic hydroxyl groups is 1. The Bertz CT molecular complexity index is 744. The van der Waals surface area contributed by atoms with Gasteiger partial charge in [0.25, 0.3) is 5.56 Å². The summed E-state index contributed by atoms with van der Waals surface area (Å²) < 4.78 is 6.78. The first-order valence-corrected chi connectivity index (χ1v) is 5.93. The Balaban J connectivity index is 1.90. The molecular formula is C11H12N6O3. The summed E-state index contributed by atoms with van der Waals surface area (Å²) in [6.45, 7) is 0.295. The van der Waals surface area contributed by atoms with E-state index in [1.54, 1.807) is 16.8 Å². The van der Waals surface area contributed by atoms with Crippen LogP contribution in [0, 0.1) is 0 Å². The van der Waals surface area contributed by atoms with E-state index in [9.17, 15) is 4.79 Å². The molecule has 0 amide bonds. The minimum Gasteiger partial charge on any atom is -0.394 e. The number of aromatic nitrogens is 4. The molecule has 0 saturated carbocycles. The van der Waals surface area contributed by atoms with E-state index in [4.69, 9.17) is 9.84 Å². The standard InChI is InChI=1S/C11H12N6O3/c18-3-4-20-6-17-5-13-8-9(17)15-11(16-10(8)19)14-7-1-2-12-7/h1-2,5,18H,3-4,6H2,(H2,12,14,15,16,19). The first-order valence-electron chi connectivity index (χ1n) is 5.93. The number of hydrogen-bond donors (Lipinski definition) is 3. The van der Waals surface area contributed by atoms with Gasteiger partial charge in [-0.1, -0.05) is 0 Å². The van der Waals surface area contributed by atoms with Gasteiger partial charge in [0.15, 0.2) is 11.2 Å². The first kappa shape index (κ1) is 12.5. The molecule has 3 N–H and O–H groups in total. The van der Waals surface area contributed by atoms with Gasteiger partial charge in [-0.05, 0) is 6.08 Å². The van der Waals surface area contributed by atoms with E-state index in [1.165, 1.54) is 6.33 Å². The molecule has 0 saturated heterocycles. The molecule has 0 fully saturated rings. The summed E-state index contributed by atoms with van der Waals surface area (Å²) in [6.07, 6.45) is 4.85. The van der Waals surface area contributed by atoms with Gasteiger partial charge in [-0.2, -0.15) is 4.98 Å². The quantitative estimate of drug-likeness (QED) is 0.629. The van der Waals surface area contributed by atoms with E-state index < -0.39 is 0 Å². The second kappa shape index (κ2) is 5.23. The Morgan fingerprint density at radius 2 is 2.35 bits per heavy atom. The van der Waals surface area contributed by atoms with E-state index in [2.05, 4.69) is 25.3 Å². The molecule has 1 aliphatic heterocycles. The number of H-pyrrole nitrogens is 1. The summed E-state index contributed by atoms with van der Waals surface area (Å²) in [5, 5.41) is 11.5. The Kier molecular flexibility index (Phi) is 3.27. The number of hydrogen-bond acceptors (Lipinski definition) is 7. The van der Waals surface area contributed by atoms with Crippen molar-refractivity contribution in [2.45, 2.75) is 6.73 Å². The minimum absolute atomic E-state index is 0.0698. The van der Waals surface area contributed by atoms with Gasteiger partial charge in [0.1, 0.15) is 12.6 Å². The zero-order chi connectivity index (χ0) is 13.9. The number of anilines is 1. The third kappa shape index (κ3) is 2.31. The lowest BCUT2D eigenvalue weighted by Gasteiger charge is -2.09. The largest absolute Gasteiger partial charge is 0.394 e. The predicted octanol–water partition coefficient (Wildman–Crippen LogP) is -0.576. The zero-order valence-electron chi connectivity index (χ0n) is 10.4. The van der Waals surface area contributed by atoms with Gasteiger partial charge in [-0.3, -0.25) is 14.3 Å². The molecule has 9 heteroatoms. The average molecular weight is 276 g/mol. The lowest BCUT2D eigenvalue weighted by Crippen LogP contribution is -2.19. The maximum Gasteiger partial charge on any atom is 0.280 e. The maximum absolute atomic E-state index is 11.9. The normalized spacial score (nSPS) is 13.3. The SMILES string of the molecule is O=c1[nH]c(NC2=NC=C2)nc2c1ncn2COCCO. The Morgan fingerprint density at radius 3 is 3.05 bits per heavy atom. The van der Waals surface area contributed by atoms with Crippen molar-refractivity contribution >= 4 is 22.9 Å². The smallest absolute Gasteiger partial charge is 0.280 e. The van der Waals surface area contributed by atoms with E-state index in [0.717, 1.165) is 0 Å². The van der Waals surface area contributed by atoms with Crippen LogP contribution < -0.4 is 10.9 Å². The molecule has 0 atom stereocenters. The highest BCUT2D eigenvalue weighted by molar-refractivity contribution is 6.06. The van der Waals surface area contributed by atoms with Crippen LogP contribution in [-0.2, 0) is 11.5 Å². The molecule has 2 aromatic rings. The number of nitrogens with zero attached hydrogens (tertiary/aromatic N) is 4. The number of amidine groups is 1. The van der Waals surface area contributed by atoms with Gasteiger partial charge < -0.3 is 15.2 Å². The molecule has 2 aromatic heterocycles. The topological polar surface area (TPSA) is 117 Å². The van der Waals surface area contributed by atoms with Gasteiger partial charge >= 0.3 is 0 Å². The van der Waals surface area contributed by atoms with Crippen molar-refractivity contribution in [2.75, 3.05) is 18.5 Å². The number of aliphatic hydroxyl groups excluding tert-OH is 1. The molecule has 0 radical (unpaired) electrons. The van der Waals surface area contributed by atoms with E-state index in [-0.39, 0.29) is 37.0 Å². The predicted molar refractivity (Wildman–Crippen MR) is 71.4 cm³/mol. The van der Waals surface area contributed by atoms with Gasteiger partial charge in [0, 0.05) is 6.20 Å². The number of imidazole rings is 1. The monoisotopic (exact) mass is 276 g/mol. The Hall–Kier alpha value is -2.52. The fourth-order valence-electron chi connectivity index (χ4n) is 1.68. The van der Waals surface area contributed by atoms with Crippen LogP contribution in [0.1, 0.15) is 0 Å². The number of ether oxygens (including phenoxy) is 1. The van der Waals surface area contributed by atoms with Crippen molar-refractivity contribution in [3.8, 4) is 0 Å². The van der Waals surface area contributed by atoms with Crippen LogP contribution in [0.5, 0.6) is 0 Å². The number of aliphatic imine (C=N–C) groups is 1. The molecule has 1 aliphatic rings. The van der Waals surface area contributed by atoms with Gasteiger partial charge in [0.2, 0.25) is 5.95 Å². The van der Waals surface area contributed by atoms with E-state index >= 15 is 0 Å². The zero-order valence-corrected chi connectivity index (χ0v) is 10.4. The molecule has 20 heavy (non-hydrogen) atoms. The first-order chi connectivity index (χ1) is 9.78. The summed E-state index contributed by atoms with van der Waals surface area (Å²) >= 11 is 0.